The summed E-state index contributed by atoms with van der Waals surface area (Å²) in [5, 5.41) is 8.00. The Balaban J connectivity index is 1.81. The van der Waals surface area contributed by atoms with Gasteiger partial charge in [-0.1, -0.05) is 27.7 Å². The topological polar surface area (TPSA) is 29.9 Å². The zero-order valence-electron chi connectivity index (χ0n) is 11.5. The Hall–Kier alpha value is -0.830. The molecule has 0 bridgehead atoms. The van der Waals surface area contributed by atoms with Crippen molar-refractivity contribution in [2.24, 2.45) is 17.3 Å². The molecular formula is C14H25N3. The molecule has 2 atom stereocenters. The molecule has 1 aliphatic rings. The van der Waals surface area contributed by atoms with E-state index in [1.807, 2.05) is 23.1 Å². The van der Waals surface area contributed by atoms with E-state index < -0.39 is 0 Å². The van der Waals surface area contributed by atoms with Crippen LogP contribution >= 0.6 is 0 Å². The van der Waals surface area contributed by atoms with Crippen molar-refractivity contribution >= 4 is 0 Å². The summed E-state index contributed by atoms with van der Waals surface area (Å²) >= 11 is 0. The zero-order valence-corrected chi connectivity index (χ0v) is 11.5. The third kappa shape index (κ3) is 3.32. The molecule has 0 amide bonds. The first-order valence-electron chi connectivity index (χ1n) is 6.70. The Morgan fingerprint density at radius 3 is 2.65 bits per heavy atom. The van der Waals surface area contributed by atoms with Crippen LogP contribution in [-0.4, -0.2) is 22.4 Å². The molecule has 1 aromatic heterocycles. The van der Waals surface area contributed by atoms with Crippen LogP contribution in [0.5, 0.6) is 0 Å². The van der Waals surface area contributed by atoms with Crippen molar-refractivity contribution in [1.82, 2.24) is 15.1 Å². The third-order valence-electron chi connectivity index (χ3n) is 4.09. The van der Waals surface area contributed by atoms with Crippen LogP contribution in [0, 0.1) is 17.3 Å². The fraction of sp³-hybridized carbons (Fsp3) is 0.786. The Morgan fingerprint density at radius 1 is 1.47 bits per heavy atom. The maximum atomic E-state index is 4.29. The molecule has 17 heavy (non-hydrogen) atoms. The van der Waals surface area contributed by atoms with Gasteiger partial charge in [-0.15, -0.1) is 0 Å². The fourth-order valence-corrected chi connectivity index (χ4v) is 2.34. The Labute approximate surface area is 105 Å². The quantitative estimate of drug-likeness (QED) is 0.821. The minimum atomic E-state index is 0.520. The summed E-state index contributed by atoms with van der Waals surface area (Å²) in [5.41, 5.74) is 0.570. The highest BCUT2D eigenvalue weighted by Crippen LogP contribution is 2.51. The number of rotatable bonds is 6. The van der Waals surface area contributed by atoms with Gasteiger partial charge in [-0.3, -0.25) is 4.68 Å². The highest BCUT2D eigenvalue weighted by Gasteiger charge is 2.45. The molecular weight excluding hydrogens is 210 g/mol. The van der Waals surface area contributed by atoms with Crippen molar-refractivity contribution in [3.05, 3.63) is 18.5 Å². The van der Waals surface area contributed by atoms with Gasteiger partial charge >= 0.3 is 0 Å². The monoisotopic (exact) mass is 235 g/mol. The SMILES string of the molecule is CC(C)C(Cn1cccn1)NCC1CC1(C)C. The normalized spacial score (nSPS) is 23.9. The van der Waals surface area contributed by atoms with E-state index in [1.54, 1.807) is 0 Å². The molecule has 0 spiro atoms. The van der Waals surface area contributed by atoms with Crippen LogP contribution in [-0.2, 0) is 6.54 Å². The van der Waals surface area contributed by atoms with Crippen molar-refractivity contribution in [1.29, 1.82) is 0 Å². The minimum absolute atomic E-state index is 0.520. The number of nitrogens with one attached hydrogen (secondary N) is 1. The molecule has 1 N–H and O–H groups in total. The third-order valence-corrected chi connectivity index (χ3v) is 4.09. The summed E-state index contributed by atoms with van der Waals surface area (Å²) in [7, 11) is 0. The average Bonchev–Trinajstić information content (AvgIpc) is 2.66. The first kappa shape index (κ1) is 12.6. The molecule has 1 aromatic rings. The molecule has 1 aliphatic carbocycles. The predicted octanol–water partition coefficient (Wildman–Crippen LogP) is 2.54. The first-order valence-corrected chi connectivity index (χ1v) is 6.70. The molecule has 2 unspecified atom stereocenters. The standard InChI is InChI=1S/C14H25N3/c1-11(2)13(10-17-7-5-6-16-17)15-9-12-8-14(12,3)4/h5-7,11-13,15H,8-10H2,1-4H3. The first-order chi connectivity index (χ1) is 7.99. The van der Waals surface area contributed by atoms with E-state index in [0.29, 0.717) is 17.4 Å². The lowest BCUT2D eigenvalue weighted by Gasteiger charge is -2.23. The van der Waals surface area contributed by atoms with E-state index in [0.717, 1.165) is 19.0 Å². The molecule has 3 heteroatoms. The lowest BCUT2D eigenvalue weighted by Crippen LogP contribution is -2.39. The second-order valence-corrected chi connectivity index (χ2v) is 6.38. The van der Waals surface area contributed by atoms with Gasteiger partial charge in [-0.25, -0.2) is 0 Å². The van der Waals surface area contributed by atoms with Crippen molar-refractivity contribution in [3.63, 3.8) is 0 Å². The van der Waals surface area contributed by atoms with Crippen LogP contribution in [0.25, 0.3) is 0 Å². The van der Waals surface area contributed by atoms with Gasteiger partial charge in [0.2, 0.25) is 0 Å². The van der Waals surface area contributed by atoms with Gasteiger partial charge in [-0.2, -0.15) is 5.10 Å². The van der Waals surface area contributed by atoms with E-state index in [4.69, 9.17) is 0 Å². The molecule has 2 rings (SSSR count). The molecule has 1 heterocycles. The van der Waals surface area contributed by atoms with Crippen LogP contribution in [0.15, 0.2) is 18.5 Å². The van der Waals surface area contributed by atoms with E-state index in [-0.39, 0.29) is 0 Å². The number of hydrogen-bond acceptors (Lipinski definition) is 2. The molecule has 1 fully saturated rings. The van der Waals surface area contributed by atoms with E-state index >= 15 is 0 Å². The summed E-state index contributed by atoms with van der Waals surface area (Å²) in [5.74, 6) is 1.50. The van der Waals surface area contributed by atoms with Gasteiger partial charge in [0, 0.05) is 18.4 Å². The van der Waals surface area contributed by atoms with Crippen molar-refractivity contribution in [2.45, 2.75) is 46.7 Å². The molecule has 96 valence electrons. The second kappa shape index (κ2) is 4.81. The van der Waals surface area contributed by atoms with Crippen molar-refractivity contribution < 1.29 is 0 Å². The van der Waals surface area contributed by atoms with Gasteiger partial charge < -0.3 is 5.32 Å². The van der Waals surface area contributed by atoms with Gasteiger partial charge in [0.25, 0.3) is 0 Å². The lowest BCUT2D eigenvalue weighted by molar-refractivity contribution is 0.331. The summed E-state index contributed by atoms with van der Waals surface area (Å²) < 4.78 is 2.02. The Bertz CT molecular complexity index is 340. The number of aromatic nitrogens is 2. The largest absolute Gasteiger partial charge is 0.312 e. The van der Waals surface area contributed by atoms with Crippen LogP contribution in [0.3, 0.4) is 0 Å². The van der Waals surface area contributed by atoms with E-state index in [9.17, 15) is 0 Å². The van der Waals surface area contributed by atoms with Crippen molar-refractivity contribution in [3.8, 4) is 0 Å². The van der Waals surface area contributed by atoms with Gasteiger partial charge in [-0.05, 0) is 36.3 Å². The van der Waals surface area contributed by atoms with E-state index in [1.165, 1.54) is 6.42 Å². The minimum Gasteiger partial charge on any atom is -0.312 e. The maximum absolute atomic E-state index is 4.29. The number of hydrogen-bond donors (Lipinski definition) is 1. The number of nitrogens with zero attached hydrogens (tertiary/aromatic N) is 2. The van der Waals surface area contributed by atoms with Gasteiger partial charge in [0.05, 0.1) is 6.54 Å². The second-order valence-electron chi connectivity index (χ2n) is 6.38. The summed E-state index contributed by atoms with van der Waals surface area (Å²) in [6, 6.07) is 2.51. The summed E-state index contributed by atoms with van der Waals surface area (Å²) in [6.45, 7) is 11.4. The molecule has 0 aliphatic heterocycles. The predicted molar refractivity (Wildman–Crippen MR) is 70.7 cm³/mol. The molecule has 3 nitrogen and oxygen atoms in total. The van der Waals surface area contributed by atoms with Crippen molar-refractivity contribution in [2.75, 3.05) is 6.54 Å². The maximum Gasteiger partial charge on any atom is 0.0565 e. The Morgan fingerprint density at radius 2 is 2.18 bits per heavy atom. The van der Waals surface area contributed by atoms with Crippen LogP contribution in [0.2, 0.25) is 0 Å². The van der Waals surface area contributed by atoms with Crippen LogP contribution in [0.4, 0.5) is 0 Å². The summed E-state index contributed by atoms with van der Waals surface area (Å²) in [6.07, 6.45) is 5.26. The van der Waals surface area contributed by atoms with Crippen LogP contribution in [0.1, 0.15) is 34.1 Å². The highest BCUT2D eigenvalue weighted by molar-refractivity contribution is 4.96. The smallest absolute Gasteiger partial charge is 0.0565 e. The average molecular weight is 235 g/mol. The molecule has 1 saturated carbocycles. The van der Waals surface area contributed by atoms with Crippen LogP contribution < -0.4 is 5.32 Å². The van der Waals surface area contributed by atoms with Gasteiger partial charge in [0.15, 0.2) is 0 Å². The highest BCUT2D eigenvalue weighted by atomic mass is 15.3. The molecule has 0 saturated heterocycles. The lowest BCUT2D eigenvalue weighted by atomic mass is 10.0. The summed E-state index contributed by atoms with van der Waals surface area (Å²) in [4.78, 5) is 0. The fourth-order valence-electron chi connectivity index (χ4n) is 2.34. The van der Waals surface area contributed by atoms with E-state index in [2.05, 4.69) is 38.1 Å². The molecule has 0 aromatic carbocycles. The Kier molecular flexibility index (Phi) is 3.57. The van der Waals surface area contributed by atoms with Gasteiger partial charge in [0.1, 0.15) is 0 Å². The molecule has 0 radical (unpaired) electrons. The zero-order chi connectivity index (χ0) is 12.5.